The van der Waals surface area contributed by atoms with Crippen LogP contribution in [0.2, 0.25) is 0 Å². The first-order valence-electron chi connectivity index (χ1n) is 9.95. The molecule has 0 fully saturated rings. The van der Waals surface area contributed by atoms with E-state index in [-0.39, 0.29) is 47.2 Å². The van der Waals surface area contributed by atoms with Crippen molar-refractivity contribution in [2.45, 2.75) is 13.3 Å². The van der Waals surface area contributed by atoms with Gasteiger partial charge in [0.15, 0.2) is 17.5 Å². The van der Waals surface area contributed by atoms with Gasteiger partial charge in [-0.1, -0.05) is 18.2 Å². The Bertz CT molecular complexity index is 851. The van der Waals surface area contributed by atoms with Gasteiger partial charge in [-0.05, 0) is 43.7 Å². The minimum atomic E-state index is -0.381. The number of ether oxygens (including phenoxy) is 1. The lowest BCUT2D eigenvalue weighted by molar-refractivity contribution is 0.0953. The van der Waals surface area contributed by atoms with Crippen LogP contribution in [-0.4, -0.2) is 61.7 Å². The van der Waals surface area contributed by atoms with E-state index in [9.17, 15) is 14.3 Å². The molecule has 3 N–H and O–H groups in total. The number of hydrogen-bond donors (Lipinski definition) is 3. The average Bonchev–Trinajstić information content (AvgIpc) is 2.73. The zero-order valence-electron chi connectivity index (χ0n) is 17.8. The number of phenolic OH excluding ortho intramolecular Hbond substituents is 1. The molecule has 2 aromatic carbocycles. The zero-order valence-corrected chi connectivity index (χ0v) is 20.1. The zero-order chi connectivity index (χ0) is 21.8. The number of likely N-dealkylation sites (N-methyl/N-ethyl adjacent to an activating group) is 1. The summed E-state index contributed by atoms with van der Waals surface area (Å²) in [6.07, 6.45) is 0.666. The summed E-state index contributed by atoms with van der Waals surface area (Å²) in [7, 11) is 1.88. The maximum atomic E-state index is 13.6. The van der Waals surface area contributed by atoms with Crippen LogP contribution in [0.1, 0.15) is 23.7 Å². The summed E-state index contributed by atoms with van der Waals surface area (Å²) < 4.78 is 19.1. The number of benzene rings is 2. The third-order valence-corrected chi connectivity index (χ3v) is 4.21. The molecule has 2 aromatic rings. The van der Waals surface area contributed by atoms with Crippen LogP contribution in [0.4, 0.5) is 4.39 Å². The number of guanidine groups is 1. The number of amides is 1. The van der Waals surface area contributed by atoms with E-state index in [1.807, 2.05) is 18.9 Å². The van der Waals surface area contributed by atoms with Crippen LogP contribution in [0.3, 0.4) is 0 Å². The van der Waals surface area contributed by atoms with Gasteiger partial charge in [0.05, 0.1) is 6.54 Å². The Morgan fingerprint density at radius 2 is 1.97 bits per heavy atom. The van der Waals surface area contributed by atoms with Gasteiger partial charge >= 0.3 is 0 Å². The van der Waals surface area contributed by atoms with Gasteiger partial charge in [-0.25, -0.2) is 4.39 Å². The fraction of sp³-hybridized carbons (Fsp3) is 0.364. The number of phenols is 1. The van der Waals surface area contributed by atoms with Crippen molar-refractivity contribution < 1.29 is 19.0 Å². The fourth-order valence-corrected chi connectivity index (χ4v) is 2.65. The number of rotatable bonds is 10. The summed E-state index contributed by atoms with van der Waals surface area (Å²) in [5.74, 6) is 0.395. The molecule has 0 aliphatic heterocycles. The van der Waals surface area contributed by atoms with Crippen LogP contribution in [-0.2, 0) is 0 Å². The van der Waals surface area contributed by atoms with E-state index in [2.05, 4.69) is 15.6 Å². The molecule has 2 rings (SSSR count). The van der Waals surface area contributed by atoms with E-state index in [1.54, 1.807) is 30.3 Å². The summed E-state index contributed by atoms with van der Waals surface area (Å²) in [5, 5.41) is 15.5. The number of aliphatic imine (C=N–C) groups is 1. The number of carbonyl (C=O) groups excluding carboxylic acids is 1. The molecule has 0 saturated carbocycles. The lowest BCUT2D eigenvalue weighted by Crippen LogP contribution is -2.41. The minimum absolute atomic E-state index is 0. The molecule has 9 heteroatoms. The van der Waals surface area contributed by atoms with Crippen molar-refractivity contribution in [2.75, 3.05) is 39.8 Å². The van der Waals surface area contributed by atoms with Crippen molar-refractivity contribution in [3.8, 4) is 11.5 Å². The highest BCUT2D eigenvalue weighted by molar-refractivity contribution is 14.0. The SMILES string of the molecule is CCNC(=NCCCNC(=O)c1cccc(O)c1)N(C)CCOc1ccccc1F.I. The molecule has 170 valence electrons. The molecule has 0 heterocycles. The Morgan fingerprint density at radius 1 is 1.19 bits per heavy atom. The first-order valence-corrected chi connectivity index (χ1v) is 9.95. The van der Waals surface area contributed by atoms with Crippen LogP contribution in [0.5, 0.6) is 11.5 Å². The third kappa shape index (κ3) is 9.41. The van der Waals surface area contributed by atoms with Crippen LogP contribution in [0.15, 0.2) is 53.5 Å². The molecule has 1 amide bonds. The van der Waals surface area contributed by atoms with Gasteiger partial charge in [-0.2, -0.15) is 0 Å². The molecule has 0 atom stereocenters. The van der Waals surface area contributed by atoms with Crippen molar-refractivity contribution >= 4 is 35.8 Å². The number of nitrogens with zero attached hydrogens (tertiary/aromatic N) is 2. The predicted octanol–water partition coefficient (Wildman–Crippen LogP) is 3.25. The topological polar surface area (TPSA) is 86.2 Å². The number of nitrogens with one attached hydrogen (secondary N) is 2. The number of hydrogen-bond acceptors (Lipinski definition) is 4. The van der Waals surface area contributed by atoms with Crippen molar-refractivity contribution in [1.82, 2.24) is 15.5 Å². The second-order valence-corrected chi connectivity index (χ2v) is 6.60. The quantitative estimate of drug-likeness (QED) is 0.185. The van der Waals surface area contributed by atoms with Crippen molar-refractivity contribution in [3.63, 3.8) is 0 Å². The number of carbonyl (C=O) groups is 1. The van der Waals surface area contributed by atoms with Gasteiger partial charge in [-0.15, -0.1) is 24.0 Å². The smallest absolute Gasteiger partial charge is 0.251 e. The van der Waals surface area contributed by atoms with Crippen molar-refractivity contribution in [3.05, 3.63) is 59.9 Å². The first-order chi connectivity index (χ1) is 14.5. The van der Waals surface area contributed by atoms with Gasteiger partial charge in [0, 0.05) is 32.2 Å². The average molecular weight is 544 g/mol. The van der Waals surface area contributed by atoms with Gasteiger partial charge < -0.3 is 25.4 Å². The molecule has 7 nitrogen and oxygen atoms in total. The number of para-hydroxylation sites is 1. The second kappa shape index (κ2) is 14.4. The van der Waals surface area contributed by atoms with E-state index < -0.39 is 0 Å². The normalized spacial score (nSPS) is 10.7. The highest BCUT2D eigenvalue weighted by Gasteiger charge is 2.08. The van der Waals surface area contributed by atoms with Crippen LogP contribution >= 0.6 is 24.0 Å². The summed E-state index contributed by atoms with van der Waals surface area (Å²) in [6.45, 7) is 4.55. The molecule has 31 heavy (non-hydrogen) atoms. The monoisotopic (exact) mass is 544 g/mol. The second-order valence-electron chi connectivity index (χ2n) is 6.60. The first kappa shape index (κ1) is 26.5. The highest BCUT2D eigenvalue weighted by Crippen LogP contribution is 2.15. The Balaban J connectivity index is 0.00000480. The van der Waals surface area contributed by atoms with Crippen LogP contribution in [0, 0.1) is 5.82 Å². The van der Waals surface area contributed by atoms with Crippen LogP contribution < -0.4 is 15.4 Å². The van der Waals surface area contributed by atoms with E-state index in [4.69, 9.17) is 4.74 Å². The van der Waals surface area contributed by atoms with Crippen molar-refractivity contribution in [1.29, 1.82) is 0 Å². The molecule has 0 saturated heterocycles. The molecule has 0 aliphatic carbocycles. The molecule has 0 spiro atoms. The van der Waals surface area contributed by atoms with E-state index in [0.717, 1.165) is 0 Å². The summed E-state index contributed by atoms with van der Waals surface area (Å²) in [6, 6.07) is 12.5. The lowest BCUT2D eigenvalue weighted by Gasteiger charge is -2.22. The summed E-state index contributed by atoms with van der Waals surface area (Å²) in [5.41, 5.74) is 0.418. The summed E-state index contributed by atoms with van der Waals surface area (Å²) >= 11 is 0. The highest BCUT2D eigenvalue weighted by atomic mass is 127. The number of halogens is 2. The summed E-state index contributed by atoms with van der Waals surface area (Å²) in [4.78, 5) is 18.5. The Morgan fingerprint density at radius 3 is 2.68 bits per heavy atom. The fourth-order valence-electron chi connectivity index (χ4n) is 2.65. The maximum absolute atomic E-state index is 13.6. The Hall–Kier alpha value is -2.56. The molecule has 0 aromatic heterocycles. The minimum Gasteiger partial charge on any atom is -0.508 e. The van der Waals surface area contributed by atoms with Crippen molar-refractivity contribution in [2.24, 2.45) is 4.99 Å². The standard InChI is InChI=1S/C22H29FN4O3.HI/c1-3-24-22(27(2)14-15-30-20-11-5-4-10-19(20)23)26-13-7-12-25-21(29)17-8-6-9-18(28)16-17;/h4-6,8-11,16,28H,3,7,12-15H2,1-2H3,(H,24,26)(H,25,29);1H. The van der Waals surface area contributed by atoms with Gasteiger partial charge in [0.25, 0.3) is 5.91 Å². The lowest BCUT2D eigenvalue weighted by atomic mass is 10.2. The van der Waals surface area contributed by atoms with Crippen LogP contribution in [0.25, 0.3) is 0 Å². The van der Waals surface area contributed by atoms with Gasteiger partial charge in [0.1, 0.15) is 12.4 Å². The molecule has 0 aliphatic rings. The largest absolute Gasteiger partial charge is 0.508 e. The molecular formula is C22H30FIN4O3. The Kier molecular flexibility index (Phi) is 12.3. The third-order valence-electron chi connectivity index (χ3n) is 4.21. The molecule has 0 bridgehead atoms. The van der Waals surface area contributed by atoms with E-state index >= 15 is 0 Å². The predicted molar refractivity (Wildman–Crippen MR) is 131 cm³/mol. The van der Waals surface area contributed by atoms with Gasteiger partial charge in [-0.3, -0.25) is 9.79 Å². The molecule has 0 radical (unpaired) electrons. The maximum Gasteiger partial charge on any atom is 0.251 e. The van der Waals surface area contributed by atoms with Gasteiger partial charge in [0.2, 0.25) is 0 Å². The van der Waals surface area contributed by atoms with E-state index in [0.29, 0.717) is 50.7 Å². The Labute approximate surface area is 199 Å². The van der Waals surface area contributed by atoms with E-state index in [1.165, 1.54) is 18.2 Å². The number of aromatic hydroxyl groups is 1. The molecular weight excluding hydrogens is 514 g/mol. The molecule has 0 unspecified atom stereocenters.